The summed E-state index contributed by atoms with van der Waals surface area (Å²) in [6, 6.07) is 9.08. The maximum atomic E-state index is 12.0. The van der Waals surface area contributed by atoms with E-state index in [-0.39, 0.29) is 16.5 Å². The summed E-state index contributed by atoms with van der Waals surface area (Å²) >= 11 is 7.96. The van der Waals surface area contributed by atoms with E-state index in [1.165, 1.54) is 6.07 Å². The molecule has 2 heterocycles. The van der Waals surface area contributed by atoms with Gasteiger partial charge in [-0.25, -0.2) is 9.59 Å². The molecule has 4 rings (SSSR count). The van der Waals surface area contributed by atoms with Crippen molar-refractivity contribution in [3.63, 3.8) is 0 Å². The average molecular weight is 418 g/mol. The van der Waals surface area contributed by atoms with Crippen LogP contribution in [-0.2, 0) is 9.59 Å². The topological polar surface area (TPSA) is 65.1 Å². The van der Waals surface area contributed by atoms with Crippen molar-refractivity contribution in [1.82, 2.24) is 4.90 Å². The summed E-state index contributed by atoms with van der Waals surface area (Å²) in [5.41, 5.74) is 1.41. The molecule has 0 aliphatic carbocycles. The van der Waals surface area contributed by atoms with E-state index in [1.807, 2.05) is 44.4 Å². The van der Waals surface area contributed by atoms with E-state index in [9.17, 15) is 9.59 Å². The molecule has 0 atom stereocenters. The first kappa shape index (κ1) is 18.9. The van der Waals surface area contributed by atoms with Crippen LogP contribution in [0.2, 0.25) is 5.02 Å². The zero-order valence-corrected chi connectivity index (χ0v) is 16.7. The number of carbonyl (C=O) groups is 2. The zero-order chi connectivity index (χ0) is 19.8. The number of fused-ring (bicyclic) bond motifs is 5. The van der Waals surface area contributed by atoms with Crippen molar-refractivity contribution in [3.8, 4) is 23.0 Å². The Kier molecular flexibility index (Phi) is 5.05. The average Bonchev–Trinajstić information content (AvgIpc) is 2.83. The number of ether oxygens (including phenoxy) is 3. The number of carbonyl (C=O) groups excluding carboxylic acids is 2. The summed E-state index contributed by atoms with van der Waals surface area (Å²) < 4.78 is 16.4. The van der Waals surface area contributed by atoms with Gasteiger partial charge in [0.15, 0.2) is 11.5 Å². The lowest BCUT2D eigenvalue weighted by atomic mass is 10.1. The first-order chi connectivity index (χ1) is 13.4. The predicted molar refractivity (Wildman–Crippen MR) is 108 cm³/mol. The molecule has 0 N–H and O–H groups in total. The van der Waals surface area contributed by atoms with Crippen LogP contribution in [0.5, 0.6) is 23.0 Å². The van der Waals surface area contributed by atoms with Crippen molar-refractivity contribution in [2.75, 3.05) is 26.4 Å². The number of esters is 2. The second-order valence-electron chi connectivity index (χ2n) is 6.47. The molecule has 2 aliphatic heterocycles. The molecule has 6 nitrogen and oxygen atoms in total. The Bertz CT molecular complexity index is 1020. The van der Waals surface area contributed by atoms with Crippen molar-refractivity contribution in [1.29, 1.82) is 0 Å². The molecule has 144 valence electrons. The number of hydrogen-bond donors (Lipinski definition) is 0. The molecular weight excluding hydrogens is 402 g/mol. The third-order valence-corrected chi connectivity index (χ3v) is 5.56. The molecule has 0 unspecified atom stereocenters. The predicted octanol–water partition coefficient (Wildman–Crippen LogP) is 4.06. The van der Waals surface area contributed by atoms with Gasteiger partial charge < -0.3 is 19.1 Å². The molecule has 2 aliphatic rings. The highest BCUT2D eigenvalue weighted by molar-refractivity contribution is 8.08. The Morgan fingerprint density at radius 2 is 1.75 bits per heavy atom. The minimum atomic E-state index is -1.12. The quantitative estimate of drug-likeness (QED) is 0.422. The Morgan fingerprint density at radius 1 is 1.00 bits per heavy atom. The fourth-order valence-corrected chi connectivity index (χ4v) is 4.28. The monoisotopic (exact) mass is 417 g/mol. The molecule has 0 saturated heterocycles. The van der Waals surface area contributed by atoms with Crippen LogP contribution < -0.4 is 14.2 Å². The fourth-order valence-electron chi connectivity index (χ4n) is 2.82. The minimum Gasteiger partial charge on any atom is -0.456 e. The number of rotatable bonds is 4. The Morgan fingerprint density at radius 3 is 2.54 bits per heavy atom. The van der Waals surface area contributed by atoms with Crippen molar-refractivity contribution in [2.24, 2.45) is 0 Å². The highest BCUT2D eigenvalue weighted by atomic mass is 35.5. The summed E-state index contributed by atoms with van der Waals surface area (Å²) in [7, 11) is 3.99. The van der Waals surface area contributed by atoms with E-state index >= 15 is 0 Å². The van der Waals surface area contributed by atoms with Gasteiger partial charge in [0.05, 0.1) is 5.56 Å². The van der Waals surface area contributed by atoms with Gasteiger partial charge in [-0.1, -0.05) is 29.8 Å². The lowest BCUT2D eigenvalue weighted by Crippen LogP contribution is -2.23. The highest BCUT2D eigenvalue weighted by Gasteiger charge is 2.34. The number of benzene rings is 2. The van der Waals surface area contributed by atoms with Gasteiger partial charge in [-0.15, -0.1) is 11.8 Å². The normalized spacial score (nSPS) is 14.8. The number of hydrogen-bond acceptors (Lipinski definition) is 7. The Balaban J connectivity index is 1.88. The van der Waals surface area contributed by atoms with Crippen LogP contribution in [0.3, 0.4) is 0 Å². The standard InChI is InChI=1S/C20H16ClNO5S/c1-22(2)7-8-28-15-9-11-5-3-4-6-12(11)25-13-10-14-17(21)18(16(13)15)27-20(24)19(23)26-14/h3-6,9-10H,7-8H2,1-2H3. The molecule has 0 fully saturated rings. The van der Waals surface area contributed by atoms with Crippen LogP contribution in [-0.4, -0.2) is 43.2 Å². The van der Waals surface area contributed by atoms with E-state index in [0.717, 1.165) is 22.8 Å². The number of para-hydroxylation sites is 1. The van der Waals surface area contributed by atoms with Crippen LogP contribution in [0.25, 0.3) is 11.0 Å². The molecule has 0 saturated carbocycles. The molecule has 0 spiro atoms. The third kappa shape index (κ3) is 3.48. The lowest BCUT2D eigenvalue weighted by molar-refractivity contribution is -0.155. The largest absolute Gasteiger partial charge is 0.456 e. The molecular formula is C20H16ClNO5S. The van der Waals surface area contributed by atoms with Crippen molar-refractivity contribution in [3.05, 3.63) is 46.5 Å². The second-order valence-corrected chi connectivity index (χ2v) is 7.98. The first-order valence-electron chi connectivity index (χ1n) is 8.51. The molecule has 28 heavy (non-hydrogen) atoms. The zero-order valence-electron chi connectivity index (χ0n) is 15.2. The van der Waals surface area contributed by atoms with Gasteiger partial charge in [-0.05, 0) is 26.2 Å². The van der Waals surface area contributed by atoms with Crippen LogP contribution in [0, 0.1) is 0 Å². The number of thioether (sulfide) groups is 1. The van der Waals surface area contributed by atoms with E-state index in [4.69, 9.17) is 25.8 Å². The summed E-state index contributed by atoms with van der Waals surface area (Å²) in [6.07, 6.45) is 1.97. The minimum absolute atomic E-state index is 0.0308. The van der Waals surface area contributed by atoms with Gasteiger partial charge >= 0.3 is 11.9 Å². The third-order valence-electron chi connectivity index (χ3n) is 4.18. The van der Waals surface area contributed by atoms with Gasteiger partial charge in [-0.3, -0.25) is 0 Å². The molecule has 0 amide bonds. The SMILES string of the molecule is CN(C)CCSC1=Cc2ccccc2Oc2cc3c(Cl)c(c21)OC(=O)C(=O)O3. The van der Waals surface area contributed by atoms with E-state index < -0.39 is 11.9 Å². The Labute approximate surface area is 171 Å². The summed E-state index contributed by atoms with van der Waals surface area (Å²) in [5.74, 6) is -0.297. The van der Waals surface area contributed by atoms with Crippen molar-refractivity contribution >= 4 is 46.3 Å². The maximum absolute atomic E-state index is 12.0. The van der Waals surface area contributed by atoms with E-state index in [0.29, 0.717) is 17.1 Å². The van der Waals surface area contributed by atoms with Gasteiger partial charge in [0.25, 0.3) is 0 Å². The molecule has 8 heteroatoms. The van der Waals surface area contributed by atoms with Gasteiger partial charge in [0.1, 0.15) is 16.5 Å². The molecule has 0 aromatic heterocycles. The lowest BCUT2D eigenvalue weighted by Gasteiger charge is -2.16. The van der Waals surface area contributed by atoms with Gasteiger partial charge in [0, 0.05) is 28.8 Å². The summed E-state index contributed by atoms with van der Waals surface area (Å²) in [6.45, 7) is 0.850. The van der Waals surface area contributed by atoms with Crippen LogP contribution in [0.1, 0.15) is 11.1 Å². The second kappa shape index (κ2) is 7.50. The molecule has 2 aromatic rings. The van der Waals surface area contributed by atoms with Crippen LogP contribution in [0.4, 0.5) is 0 Å². The number of nitrogens with zero attached hydrogens (tertiary/aromatic N) is 1. The van der Waals surface area contributed by atoms with Crippen molar-refractivity contribution < 1.29 is 23.8 Å². The molecule has 2 bridgehead atoms. The molecule has 2 aromatic carbocycles. The fraction of sp³-hybridized carbons (Fsp3) is 0.200. The molecule has 0 radical (unpaired) electrons. The number of halogens is 1. The summed E-state index contributed by atoms with van der Waals surface area (Å²) in [4.78, 5) is 26.7. The van der Waals surface area contributed by atoms with E-state index in [2.05, 4.69) is 4.90 Å². The van der Waals surface area contributed by atoms with Crippen LogP contribution >= 0.6 is 23.4 Å². The highest BCUT2D eigenvalue weighted by Crippen LogP contribution is 2.53. The smallest absolute Gasteiger partial charge is 0.423 e. The van der Waals surface area contributed by atoms with Gasteiger partial charge in [0.2, 0.25) is 0 Å². The van der Waals surface area contributed by atoms with Gasteiger partial charge in [-0.2, -0.15) is 0 Å². The first-order valence-corrected chi connectivity index (χ1v) is 9.87. The maximum Gasteiger partial charge on any atom is 0.423 e. The van der Waals surface area contributed by atoms with Crippen molar-refractivity contribution in [2.45, 2.75) is 0 Å². The Hall–Kier alpha value is -2.48. The van der Waals surface area contributed by atoms with E-state index in [1.54, 1.807) is 11.8 Å². The summed E-state index contributed by atoms with van der Waals surface area (Å²) in [5, 5.41) is 0.0617. The van der Waals surface area contributed by atoms with Crippen LogP contribution in [0.15, 0.2) is 30.3 Å².